The van der Waals surface area contributed by atoms with Crippen LogP contribution >= 0.6 is 0 Å². The standard InChI is InChI=1S/C22H23N5O4/c1-3-15-6-4-5-7-18(15)24-22-26-19(25-21(23)27-22)12-31-20(29)13-30-17-10-8-16(9-11-17)14(2)28/h4-11H,3,12-13H2,1-2H3,(H3,23,24,25,26,27). The van der Waals surface area contributed by atoms with Crippen LogP contribution in [0.5, 0.6) is 5.75 Å². The third-order valence-corrected chi connectivity index (χ3v) is 4.32. The number of hydrogen-bond acceptors (Lipinski definition) is 9. The molecule has 0 aliphatic rings. The van der Waals surface area contributed by atoms with Gasteiger partial charge >= 0.3 is 5.97 Å². The summed E-state index contributed by atoms with van der Waals surface area (Å²) >= 11 is 0. The monoisotopic (exact) mass is 421 g/mol. The van der Waals surface area contributed by atoms with Gasteiger partial charge in [0.1, 0.15) is 5.75 Å². The van der Waals surface area contributed by atoms with Gasteiger partial charge in [-0.2, -0.15) is 15.0 Å². The van der Waals surface area contributed by atoms with Gasteiger partial charge in [-0.15, -0.1) is 0 Å². The first-order valence-electron chi connectivity index (χ1n) is 9.69. The van der Waals surface area contributed by atoms with Gasteiger partial charge in [-0.05, 0) is 49.2 Å². The number of nitrogens with one attached hydrogen (secondary N) is 1. The molecule has 31 heavy (non-hydrogen) atoms. The second-order valence-corrected chi connectivity index (χ2v) is 6.60. The predicted molar refractivity (Wildman–Crippen MR) is 115 cm³/mol. The van der Waals surface area contributed by atoms with Crippen molar-refractivity contribution in [2.75, 3.05) is 17.7 Å². The zero-order chi connectivity index (χ0) is 22.2. The summed E-state index contributed by atoms with van der Waals surface area (Å²) in [5.41, 5.74) is 8.29. The number of ether oxygens (including phenoxy) is 2. The molecule has 3 rings (SSSR count). The highest BCUT2D eigenvalue weighted by atomic mass is 16.6. The third-order valence-electron chi connectivity index (χ3n) is 4.32. The van der Waals surface area contributed by atoms with Crippen LogP contribution in [0.2, 0.25) is 0 Å². The lowest BCUT2D eigenvalue weighted by Gasteiger charge is -2.11. The average Bonchev–Trinajstić information content (AvgIpc) is 2.76. The number of Topliss-reactive ketones (excluding diaryl/α,β-unsaturated/α-hetero) is 1. The molecule has 0 saturated heterocycles. The molecule has 160 valence electrons. The summed E-state index contributed by atoms with van der Waals surface area (Å²) in [4.78, 5) is 35.6. The fraction of sp³-hybridized carbons (Fsp3) is 0.227. The molecule has 0 radical (unpaired) electrons. The number of rotatable bonds is 9. The number of nitrogens with zero attached hydrogens (tertiary/aromatic N) is 3. The van der Waals surface area contributed by atoms with E-state index in [4.69, 9.17) is 15.2 Å². The Kier molecular flexibility index (Phi) is 7.10. The van der Waals surface area contributed by atoms with Crippen molar-refractivity contribution in [2.45, 2.75) is 26.9 Å². The van der Waals surface area contributed by atoms with Crippen molar-refractivity contribution in [1.82, 2.24) is 15.0 Å². The van der Waals surface area contributed by atoms with E-state index in [1.807, 2.05) is 31.2 Å². The second-order valence-electron chi connectivity index (χ2n) is 6.60. The van der Waals surface area contributed by atoms with E-state index < -0.39 is 5.97 Å². The Labute approximate surface area is 179 Å². The number of nitrogens with two attached hydrogens (primary N) is 1. The van der Waals surface area contributed by atoms with Crippen molar-refractivity contribution in [3.63, 3.8) is 0 Å². The number of aryl methyl sites for hydroxylation is 1. The Hall–Kier alpha value is -4.01. The number of carbonyl (C=O) groups excluding carboxylic acids is 2. The van der Waals surface area contributed by atoms with E-state index in [1.165, 1.54) is 6.92 Å². The summed E-state index contributed by atoms with van der Waals surface area (Å²) in [6, 6.07) is 14.3. The molecule has 0 unspecified atom stereocenters. The first-order valence-corrected chi connectivity index (χ1v) is 9.69. The van der Waals surface area contributed by atoms with Crippen molar-refractivity contribution < 1.29 is 19.1 Å². The Morgan fingerprint density at radius 3 is 2.48 bits per heavy atom. The lowest BCUT2D eigenvalue weighted by Crippen LogP contribution is -2.16. The van der Waals surface area contributed by atoms with Crippen LogP contribution in [0.3, 0.4) is 0 Å². The van der Waals surface area contributed by atoms with Gasteiger partial charge in [-0.25, -0.2) is 4.79 Å². The number of aromatic nitrogens is 3. The van der Waals surface area contributed by atoms with Gasteiger partial charge in [-0.3, -0.25) is 4.79 Å². The summed E-state index contributed by atoms with van der Waals surface area (Å²) in [5, 5.41) is 3.12. The minimum atomic E-state index is -0.597. The Morgan fingerprint density at radius 1 is 1.03 bits per heavy atom. The Bertz CT molecular complexity index is 1070. The lowest BCUT2D eigenvalue weighted by molar-refractivity contribution is -0.147. The van der Waals surface area contributed by atoms with Crippen molar-refractivity contribution in [1.29, 1.82) is 0 Å². The first-order chi connectivity index (χ1) is 14.9. The van der Waals surface area contributed by atoms with E-state index in [0.717, 1.165) is 17.7 Å². The molecule has 0 amide bonds. The highest BCUT2D eigenvalue weighted by Gasteiger charge is 2.11. The molecule has 0 bridgehead atoms. The molecule has 9 nitrogen and oxygen atoms in total. The average molecular weight is 421 g/mol. The molecule has 3 N–H and O–H groups in total. The van der Waals surface area contributed by atoms with E-state index in [-0.39, 0.29) is 36.7 Å². The van der Waals surface area contributed by atoms with Gasteiger partial charge in [0.15, 0.2) is 24.8 Å². The minimum Gasteiger partial charge on any atom is -0.482 e. The van der Waals surface area contributed by atoms with Gasteiger partial charge in [0.2, 0.25) is 11.9 Å². The topological polar surface area (TPSA) is 129 Å². The Morgan fingerprint density at radius 2 is 1.77 bits per heavy atom. The van der Waals surface area contributed by atoms with Gasteiger partial charge in [-0.1, -0.05) is 25.1 Å². The second kappa shape index (κ2) is 10.1. The number of carbonyl (C=O) groups is 2. The smallest absolute Gasteiger partial charge is 0.344 e. The zero-order valence-electron chi connectivity index (χ0n) is 17.3. The molecular weight excluding hydrogens is 398 g/mol. The molecule has 0 fully saturated rings. The molecule has 0 atom stereocenters. The number of hydrogen-bond donors (Lipinski definition) is 2. The van der Waals surface area contributed by atoms with Gasteiger partial charge in [0.25, 0.3) is 0 Å². The quantitative estimate of drug-likeness (QED) is 0.395. The molecule has 0 saturated carbocycles. The number of ketones is 1. The summed E-state index contributed by atoms with van der Waals surface area (Å²) in [6.07, 6.45) is 0.839. The summed E-state index contributed by atoms with van der Waals surface area (Å²) in [5.74, 6) is 0.297. The summed E-state index contributed by atoms with van der Waals surface area (Å²) in [6.45, 7) is 3.05. The van der Waals surface area contributed by atoms with Crippen molar-refractivity contribution in [2.24, 2.45) is 0 Å². The van der Waals surface area contributed by atoms with Crippen LogP contribution in [0.25, 0.3) is 0 Å². The van der Waals surface area contributed by atoms with Gasteiger partial charge in [0.05, 0.1) is 0 Å². The number of anilines is 3. The van der Waals surface area contributed by atoms with E-state index >= 15 is 0 Å². The molecule has 9 heteroatoms. The highest BCUT2D eigenvalue weighted by Crippen LogP contribution is 2.19. The molecule has 3 aromatic rings. The number of esters is 1. The normalized spacial score (nSPS) is 10.4. The SMILES string of the molecule is CCc1ccccc1Nc1nc(N)nc(COC(=O)COc2ccc(C(C)=O)cc2)n1. The predicted octanol–water partition coefficient (Wildman–Crippen LogP) is 3.08. The minimum absolute atomic E-state index is 0.0133. The van der Waals surface area contributed by atoms with E-state index in [2.05, 4.69) is 20.3 Å². The van der Waals surface area contributed by atoms with Crippen molar-refractivity contribution in [3.05, 3.63) is 65.5 Å². The number of benzene rings is 2. The Balaban J connectivity index is 1.56. The lowest BCUT2D eigenvalue weighted by atomic mass is 10.1. The van der Waals surface area contributed by atoms with Crippen LogP contribution in [-0.4, -0.2) is 33.3 Å². The van der Waals surface area contributed by atoms with Crippen molar-refractivity contribution >= 4 is 29.3 Å². The summed E-state index contributed by atoms with van der Waals surface area (Å²) < 4.78 is 10.5. The van der Waals surface area contributed by atoms with Crippen LogP contribution in [0.15, 0.2) is 48.5 Å². The van der Waals surface area contributed by atoms with Gasteiger partial charge < -0.3 is 20.5 Å². The van der Waals surface area contributed by atoms with Gasteiger partial charge in [0, 0.05) is 11.3 Å². The zero-order valence-corrected chi connectivity index (χ0v) is 17.3. The highest BCUT2D eigenvalue weighted by molar-refractivity contribution is 5.94. The van der Waals surface area contributed by atoms with Crippen molar-refractivity contribution in [3.8, 4) is 5.75 Å². The molecule has 0 spiro atoms. The van der Waals surface area contributed by atoms with Crippen LogP contribution in [0.1, 0.15) is 35.6 Å². The van der Waals surface area contributed by atoms with Crippen LogP contribution in [0.4, 0.5) is 17.6 Å². The fourth-order valence-electron chi connectivity index (χ4n) is 2.74. The largest absolute Gasteiger partial charge is 0.482 e. The van der Waals surface area contributed by atoms with Crippen LogP contribution < -0.4 is 15.8 Å². The van der Waals surface area contributed by atoms with Crippen LogP contribution in [0, 0.1) is 0 Å². The van der Waals surface area contributed by atoms with E-state index in [1.54, 1.807) is 24.3 Å². The maximum absolute atomic E-state index is 12.0. The number of para-hydroxylation sites is 1. The molecular formula is C22H23N5O4. The molecule has 2 aromatic carbocycles. The first kappa shape index (κ1) is 21.7. The maximum Gasteiger partial charge on any atom is 0.344 e. The maximum atomic E-state index is 12.0. The number of nitrogen functional groups attached to an aromatic ring is 1. The van der Waals surface area contributed by atoms with Crippen LogP contribution in [-0.2, 0) is 22.6 Å². The molecule has 0 aliphatic heterocycles. The molecule has 1 heterocycles. The van der Waals surface area contributed by atoms with E-state index in [0.29, 0.717) is 11.3 Å². The fourth-order valence-corrected chi connectivity index (χ4v) is 2.74. The molecule has 0 aliphatic carbocycles. The van der Waals surface area contributed by atoms with E-state index in [9.17, 15) is 9.59 Å². The third kappa shape index (κ3) is 6.23. The molecule has 1 aromatic heterocycles. The summed E-state index contributed by atoms with van der Waals surface area (Å²) in [7, 11) is 0.